The van der Waals surface area contributed by atoms with Crippen molar-refractivity contribution < 1.29 is 9.13 Å². The molecule has 1 aliphatic heterocycles. The van der Waals surface area contributed by atoms with Crippen molar-refractivity contribution in [2.24, 2.45) is 0 Å². The van der Waals surface area contributed by atoms with Gasteiger partial charge in [0.05, 0.1) is 18.9 Å². The first kappa shape index (κ1) is 13.1. The van der Waals surface area contributed by atoms with Gasteiger partial charge in [-0.05, 0) is 18.2 Å². The molecule has 90 valence electrons. The van der Waals surface area contributed by atoms with Crippen LogP contribution in [0.1, 0.15) is 0 Å². The van der Waals surface area contributed by atoms with Crippen LogP contribution in [-0.4, -0.2) is 33.4 Å². The summed E-state index contributed by atoms with van der Waals surface area (Å²) in [7, 11) is 1.72. The van der Waals surface area contributed by atoms with Gasteiger partial charge >= 0.3 is 0 Å². The third-order valence-corrected chi connectivity index (χ3v) is 2.60. The number of halogens is 2. The Bertz CT molecular complexity index is 343. The molecule has 0 amide bonds. The molecule has 1 heterocycles. The Balaban J connectivity index is 0.00000128. The maximum absolute atomic E-state index is 13.5. The first-order chi connectivity index (χ1) is 7.31. The number of rotatable bonds is 2. The molecular weight excluding hydrogens is 231 g/mol. The molecule has 0 spiro atoms. The van der Waals surface area contributed by atoms with Crippen molar-refractivity contribution in [1.82, 2.24) is 0 Å². The number of ether oxygens (including phenoxy) is 1. The van der Waals surface area contributed by atoms with E-state index in [4.69, 9.17) is 4.74 Å². The molecule has 2 rings (SSSR count). The highest BCUT2D eigenvalue weighted by Crippen LogP contribution is 2.22. The second-order valence-electron chi connectivity index (χ2n) is 3.51. The molecule has 16 heavy (non-hydrogen) atoms. The first-order valence-corrected chi connectivity index (χ1v) is 5.11. The molecule has 1 saturated heterocycles. The van der Waals surface area contributed by atoms with Gasteiger partial charge in [0.2, 0.25) is 0 Å². The van der Waals surface area contributed by atoms with E-state index in [2.05, 4.69) is 10.2 Å². The summed E-state index contributed by atoms with van der Waals surface area (Å²) in [5.41, 5.74) is 1.46. The fourth-order valence-electron chi connectivity index (χ4n) is 1.73. The van der Waals surface area contributed by atoms with Crippen LogP contribution in [0.15, 0.2) is 18.2 Å². The SMILES string of the molecule is CNc1ccc(N2CCOCC2)cc1F.Cl. The van der Waals surface area contributed by atoms with Gasteiger partial charge in [0, 0.05) is 25.8 Å². The molecule has 1 fully saturated rings. The van der Waals surface area contributed by atoms with Gasteiger partial charge in [-0.1, -0.05) is 0 Å². The molecule has 1 N–H and O–H groups in total. The highest BCUT2D eigenvalue weighted by atomic mass is 35.5. The number of benzene rings is 1. The van der Waals surface area contributed by atoms with Gasteiger partial charge < -0.3 is 15.0 Å². The summed E-state index contributed by atoms with van der Waals surface area (Å²) in [6.07, 6.45) is 0. The maximum atomic E-state index is 13.5. The highest BCUT2D eigenvalue weighted by molar-refractivity contribution is 5.85. The fraction of sp³-hybridized carbons (Fsp3) is 0.455. The van der Waals surface area contributed by atoms with E-state index in [0.717, 1.165) is 32.0 Å². The van der Waals surface area contributed by atoms with Gasteiger partial charge in [0.25, 0.3) is 0 Å². The van der Waals surface area contributed by atoms with E-state index >= 15 is 0 Å². The second-order valence-corrected chi connectivity index (χ2v) is 3.51. The van der Waals surface area contributed by atoms with Crippen LogP contribution in [0.2, 0.25) is 0 Å². The van der Waals surface area contributed by atoms with Crippen LogP contribution in [0.3, 0.4) is 0 Å². The molecule has 0 aromatic heterocycles. The van der Waals surface area contributed by atoms with Crippen LogP contribution in [0.4, 0.5) is 15.8 Å². The number of morpholine rings is 1. The third-order valence-electron chi connectivity index (χ3n) is 2.60. The summed E-state index contributed by atoms with van der Waals surface area (Å²) in [4.78, 5) is 2.13. The molecule has 0 saturated carbocycles. The van der Waals surface area contributed by atoms with Crippen molar-refractivity contribution in [3.8, 4) is 0 Å². The lowest BCUT2D eigenvalue weighted by Crippen LogP contribution is -2.36. The van der Waals surface area contributed by atoms with Crippen LogP contribution in [0, 0.1) is 5.82 Å². The lowest BCUT2D eigenvalue weighted by molar-refractivity contribution is 0.122. The Labute approximate surface area is 101 Å². The average Bonchev–Trinajstić information content (AvgIpc) is 2.30. The van der Waals surface area contributed by atoms with Crippen LogP contribution in [0.25, 0.3) is 0 Å². The van der Waals surface area contributed by atoms with Gasteiger partial charge in [-0.25, -0.2) is 4.39 Å². The van der Waals surface area contributed by atoms with Crippen molar-refractivity contribution in [3.63, 3.8) is 0 Å². The largest absolute Gasteiger partial charge is 0.386 e. The molecule has 0 unspecified atom stereocenters. The number of nitrogens with one attached hydrogen (secondary N) is 1. The lowest BCUT2D eigenvalue weighted by Gasteiger charge is -2.29. The third kappa shape index (κ3) is 2.77. The zero-order chi connectivity index (χ0) is 10.7. The van der Waals surface area contributed by atoms with E-state index in [1.807, 2.05) is 6.07 Å². The van der Waals surface area contributed by atoms with E-state index in [1.54, 1.807) is 19.2 Å². The predicted molar refractivity (Wildman–Crippen MR) is 66.2 cm³/mol. The zero-order valence-corrected chi connectivity index (χ0v) is 10.0. The molecular formula is C11H16ClFN2O. The summed E-state index contributed by atoms with van der Waals surface area (Å²) in [6.45, 7) is 3.10. The quantitative estimate of drug-likeness (QED) is 0.865. The molecule has 0 bridgehead atoms. The Morgan fingerprint density at radius 2 is 2.00 bits per heavy atom. The van der Waals surface area contributed by atoms with Gasteiger partial charge in [0.1, 0.15) is 5.82 Å². The van der Waals surface area contributed by atoms with Crippen molar-refractivity contribution >= 4 is 23.8 Å². The van der Waals surface area contributed by atoms with Crippen molar-refractivity contribution in [3.05, 3.63) is 24.0 Å². The average molecular weight is 247 g/mol. The standard InChI is InChI=1S/C11H15FN2O.ClH/c1-13-11-3-2-9(8-10(11)12)14-4-6-15-7-5-14;/h2-3,8,13H,4-7H2,1H3;1H. The van der Waals surface area contributed by atoms with Crippen molar-refractivity contribution in [1.29, 1.82) is 0 Å². The minimum atomic E-state index is -0.207. The summed E-state index contributed by atoms with van der Waals surface area (Å²) in [5.74, 6) is -0.207. The minimum Gasteiger partial charge on any atom is -0.386 e. The molecule has 1 aromatic carbocycles. The number of nitrogens with zero attached hydrogens (tertiary/aromatic N) is 1. The minimum absolute atomic E-state index is 0. The Hall–Kier alpha value is -1.00. The predicted octanol–water partition coefficient (Wildman–Crippen LogP) is 2.13. The molecule has 0 atom stereocenters. The van der Waals surface area contributed by atoms with Crippen LogP contribution < -0.4 is 10.2 Å². The maximum Gasteiger partial charge on any atom is 0.148 e. The second kappa shape index (κ2) is 5.92. The summed E-state index contributed by atoms with van der Waals surface area (Å²) in [5, 5.41) is 2.81. The molecule has 3 nitrogen and oxygen atoms in total. The lowest BCUT2D eigenvalue weighted by atomic mass is 10.2. The fourth-order valence-corrected chi connectivity index (χ4v) is 1.73. The molecule has 5 heteroatoms. The van der Waals surface area contributed by atoms with Gasteiger partial charge in [-0.15, -0.1) is 12.4 Å². The van der Waals surface area contributed by atoms with Gasteiger partial charge in [0.15, 0.2) is 0 Å². The van der Waals surface area contributed by atoms with Crippen LogP contribution in [0.5, 0.6) is 0 Å². The molecule has 1 aromatic rings. The van der Waals surface area contributed by atoms with Gasteiger partial charge in [-0.2, -0.15) is 0 Å². The first-order valence-electron chi connectivity index (χ1n) is 5.11. The summed E-state index contributed by atoms with van der Waals surface area (Å²) in [6, 6.07) is 5.26. The monoisotopic (exact) mass is 246 g/mol. The smallest absolute Gasteiger partial charge is 0.148 e. The van der Waals surface area contributed by atoms with Crippen LogP contribution >= 0.6 is 12.4 Å². The number of anilines is 2. The Morgan fingerprint density at radius 3 is 2.56 bits per heavy atom. The number of hydrogen-bond acceptors (Lipinski definition) is 3. The van der Waals surface area contributed by atoms with Gasteiger partial charge in [-0.3, -0.25) is 0 Å². The van der Waals surface area contributed by atoms with E-state index < -0.39 is 0 Å². The Kier molecular flexibility index (Phi) is 4.83. The topological polar surface area (TPSA) is 24.5 Å². The van der Waals surface area contributed by atoms with Crippen molar-refractivity contribution in [2.45, 2.75) is 0 Å². The molecule has 0 radical (unpaired) electrons. The summed E-state index contributed by atoms with van der Waals surface area (Å²) < 4.78 is 18.7. The van der Waals surface area contributed by atoms with E-state index in [9.17, 15) is 4.39 Å². The Morgan fingerprint density at radius 1 is 1.31 bits per heavy atom. The normalized spacial score (nSPS) is 15.5. The number of hydrogen-bond donors (Lipinski definition) is 1. The van der Waals surface area contributed by atoms with Crippen LogP contribution in [-0.2, 0) is 4.74 Å². The van der Waals surface area contributed by atoms with E-state index in [-0.39, 0.29) is 18.2 Å². The summed E-state index contributed by atoms with van der Waals surface area (Å²) >= 11 is 0. The highest BCUT2D eigenvalue weighted by Gasteiger charge is 2.12. The molecule has 1 aliphatic rings. The van der Waals surface area contributed by atoms with Crippen molar-refractivity contribution in [2.75, 3.05) is 43.6 Å². The van der Waals surface area contributed by atoms with E-state index in [0.29, 0.717) is 5.69 Å². The van der Waals surface area contributed by atoms with E-state index in [1.165, 1.54) is 0 Å². The zero-order valence-electron chi connectivity index (χ0n) is 9.20. The molecule has 0 aliphatic carbocycles.